The Labute approximate surface area is 149 Å². The zero-order valence-corrected chi connectivity index (χ0v) is 14.7. The molecule has 0 aliphatic heterocycles. The molecular formula is C18H17N3O4S. The van der Waals surface area contributed by atoms with Gasteiger partial charge in [0.05, 0.1) is 10.9 Å². The molecule has 3 aromatic rings. The molecule has 0 spiro atoms. The molecule has 1 amide bonds. The first-order chi connectivity index (χ1) is 12.3. The number of H-pyrrole nitrogens is 1. The van der Waals surface area contributed by atoms with Crippen molar-refractivity contribution in [1.29, 1.82) is 0 Å². The van der Waals surface area contributed by atoms with Gasteiger partial charge in [-0.25, -0.2) is 13.6 Å². The number of nitrogens with two attached hydrogens (primary N) is 1. The number of benzene rings is 2. The average Bonchev–Trinajstić information content (AvgIpc) is 2.60. The van der Waals surface area contributed by atoms with Gasteiger partial charge in [0.25, 0.3) is 11.5 Å². The summed E-state index contributed by atoms with van der Waals surface area (Å²) >= 11 is 0. The van der Waals surface area contributed by atoms with Crippen molar-refractivity contribution in [2.75, 3.05) is 0 Å². The highest BCUT2D eigenvalue weighted by Crippen LogP contribution is 2.16. The summed E-state index contributed by atoms with van der Waals surface area (Å²) in [6.45, 7) is 1.74. The van der Waals surface area contributed by atoms with Crippen LogP contribution in [0.2, 0.25) is 0 Å². The van der Waals surface area contributed by atoms with E-state index in [9.17, 15) is 18.0 Å². The van der Waals surface area contributed by atoms with Gasteiger partial charge < -0.3 is 10.3 Å². The number of aromatic nitrogens is 1. The van der Waals surface area contributed by atoms with Crippen LogP contribution in [0.3, 0.4) is 0 Å². The number of para-hydroxylation sites is 1. The second-order valence-corrected chi connectivity index (χ2v) is 7.47. The van der Waals surface area contributed by atoms with Crippen LogP contribution in [-0.4, -0.2) is 19.3 Å². The molecule has 1 heterocycles. The molecule has 134 valence electrons. The topological polar surface area (TPSA) is 122 Å². The maximum atomic E-state index is 12.5. The number of carbonyl (C=O) groups excluding carboxylic acids is 1. The summed E-state index contributed by atoms with van der Waals surface area (Å²) in [7, 11) is -3.77. The summed E-state index contributed by atoms with van der Waals surface area (Å²) in [6.07, 6.45) is 0. The Bertz CT molecular complexity index is 1140. The standard InChI is InChI=1S/C18H17N3O4S/c1-11(12-6-8-14(9-7-12)26(19,24)25)20-17(22)15-10-13-4-2-3-5-16(13)21-18(15)23/h2-11H,1H3,(H,20,22)(H,21,23)(H2,19,24,25). The van der Waals surface area contributed by atoms with Crippen LogP contribution in [0, 0.1) is 0 Å². The molecule has 26 heavy (non-hydrogen) atoms. The maximum Gasteiger partial charge on any atom is 0.261 e. The Morgan fingerprint density at radius 2 is 1.77 bits per heavy atom. The zero-order valence-electron chi connectivity index (χ0n) is 13.9. The zero-order chi connectivity index (χ0) is 18.9. The predicted octanol–water partition coefficient (Wildman–Crippen LogP) is 1.67. The smallest absolute Gasteiger partial charge is 0.261 e. The van der Waals surface area contributed by atoms with E-state index in [4.69, 9.17) is 5.14 Å². The van der Waals surface area contributed by atoms with Crippen molar-refractivity contribution in [2.24, 2.45) is 5.14 Å². The molecule has 4 N–H and O–H groups in total. The Kier molecular flexibility index (Phi) is 4.62. The molecule has 1 unspecified atom stereocenters. The minimum atomic E-state index is -3.77. The van der Waals surface area contributed by atoms with Crippen molar-refractivity contribution in [3.63, 3.8) is 0 Å². The van der Waals surface area contributed by atoms with E-state index in [1.54, 1.807) is 43.3 Å². The minimum absolute atomic E-state index is 0.00856. The lowest BCUT2D eigenvalue weighted by Crippen LogP contribution is -2.31. The molecule has 3 rings (SSSR count). The molecule has 0 radical (unpaired) electrons. The van der Waals surface area contributed by atoms with Crippen LogP contribution < -0.4 is 16.0 Å². The first-order valence-corrected chi connectivity index (χ1v) is 9.36. The highest BCUT2D eigenvalue weighted by atomic mass is 32.2. The highest BCUT2D eigenvalue weighted by Gasteiger charge is 2.16. The Morgan fingerprint density at radius 1 is 1.12 bits per heavy atom. The van der Waals surface area contributed by atoms with Gasteiger partial charge in [-0.15, -0.1) is 0 Å². The number of amides is 1. The number of primary sulfonamides is 1. The van der Waals surface area contributed by atoms with Crippen LogP contribution >= 0.6 is 0 Å². The van der Waals surface area contributed by atoms with Gasteiger partial charge in [0.15, 0.2) is 0 Å². The first kappa shape index (κ1) is 17.8. The van der Waals surface area contributed by atoms with Gasteiger partial charge in [0, 0.05) is 5.52 Å². The number of nitrogens with one attached hydrogen (secondary N) is 2. The van der Waals surface area contributed by atoms with Gasteiger partial charge in [-0.3, -0.25) is 9.59 Å². The van der Waals surface area contributed by atoms with E-state index in [0.29, 0.717) is 11.1 Å². The SMILES string of the molecule is CC(NC(=O)c1cc2ccccc2[nH]c1=O)c1ccc(S(N)(=O)=O)cc1. The lowest BCUT2D eigenvalue weighted by atomic mass is 10.1. The van der Waals surface area contributed by atoms with Crippen molar-refractivity contribution in [3.05, 3.63) is 76.1 Å². The summed E-state index contributed by atoms with van der Waals surface area (Å²) in [5, 5.41) is 8.55. The van der Waals surface area contributed by atoms with Crippen molar-refractivity contribution < 1.29 is 13.2 Å². The van der Waals surface area contributed by atoms with Crippen molar-refractivity contribution in [1.82, 2.24) is 10.3 Å². The molecular weight excluding hydrogens is 354 g/mol. The van der Waals surface area contributed by atoms with E-state index < -0.39 is 27.5 Å². The molecule has 0 bridgehead atoms. The summed E-state index contributed by atoms with van der Waals surface area (Å²) in [6, 6.07) is 14.2. The first-order valence-electron chi connectivity index (χ1n) is 7.81. The molecule has 7 nitrogen and oxygen atoms in total. The predicted molar refractivity (Wildman–Crippen MR) is 98.3 cm³/mol. The fourth-order valence-electron chi connectivity index (χ4n) is 2.62. The van der Waals surface area contributed by atoms with Gasteiger partial charge in [-0.2, -0.15) is 0 Å². The fourth-order valence-corrected chi connectivity index (χ4v) is 3.14. The van der Waals surface area contributed by atoms with Crippen molar-refractivity contribution in [2.45, 2.75) is 17.9 Å². The lowest BCUT2D eigenvalue weighted by molar-refractivity contribution is 0.0938. The highest BCUT2D eigenvalue weighted by molar-refractivity contribution is 7.89. The molecule has 0 aliphatic rings. The number of hydrogen-bond donors (Lipinski definition) is 3. The van der Waals surface area contributed by atoms with Crippen molar-refractivity contribution in [3.8, 4) is 0 Å². The Hall–Kier alpha value is -2.97. The van der Waals surface area contributed by atoms with E-state index in [-0.39, 0.29) is 10.5 Å². The van der Waals surface area contributed by atoms with Crippen LogP contribution in [0.15, 0.2) is 64.3 Å². The van der Waals surface area contributed by atoms with E-state index in [1.807, 2.05) is 6.07 Å². The summed E-state index contributed by atoms with van der Waals surface area (Å²) < 4.78 is 22.6. The van der Waals surface area contributed by atoms with Crippen molar-refractivity contribution >= 4 is 26.8 Å². The van der Waals surface area contributed by atoms with Gasteiger partial charge in [-0.05, 0) is 42.1 Å². The second kappa shape index (κ2) is 6.74. The number of carbonyl (C=O) groups is 1. The number of rotatable bonds is 4. The molecule has 8 heteroatoms. The van der Waals surface area contributed by atoms with E-state index in [1.165, 1.54) is 12.1 Å². The second-order valence-electron chi connectivity index (χ2n) is 5.91. The van der Waals surface area contributed by atoms with E-state index in [0.717, 1.165) is 5.39 Å². The largest absolute Gasteiger partial charge is 0.345 e. The summed E-state index contributed by atoms with van der Waals surface area (Å²) in [4.78, 5) is 27.3. The van der Waals surface area contributed by atoms with Gasteiger partial charge in [0.1, 0.15) is 5.56 Å². The van der Waals surface area contributed by atoms with Crippen LogP contribution in [0.25, 0.3) is 10.9 Å². The third-order valence-corrected chi connectivity index (χ3v) is 4.98. The lowest BCUT2D eigenvalue weighted by Gasteiger charge is -2.14. The Balaban J connectivity index is 1.83. The van der Waals surface area contributed by atoms with Crippen LogP contribution in [0.5, 0.6) is 0 Å². The minimum Gasteiger partial charge on any atom is -0.345 e. The summed E-state index contributed by atoms with van der Waals surface area (Å²) in [5.41, 5.74) is 0.873. The quantitative estimate of drug-likeness (QED) is 0.645. The third-order valence-electron chi connectivity index (χ3n) is 4.05. The molecule has 0 fully saturated rings. The Morgan fingerprint density at radius 3 is 2.42 bits per heavy atom. The number of fused-ring (bicyclic) bond motifs is 1. The van der Waals surface area contributed by atoms with Gasteiger partial charge >= 0.3 is 0 Å². The molecule has 2 aromatic carbocycles. The number of sulfonamides is 1. The molecule has 0 saturated heterocycles. The van der Waals surface area contributed by atoms with E-state index in [2.05, 4.69) is 10.3 Å². The maximum absolute atomic E-state index is 12.5. The number of hydrogen-bond acceptors (Lipinski definition) is 4. The summed E-state index contributed by atoms with van der Waals surface area (Å²) in [5.74, 6) is -0.514. The molecule has 1 atom stereocenters. The fraction of sp³-hybridized carbons (Fsp3) is 0.111. The molecule has 0 saturated carbocycles. The number of aromatic amines is 1. The van der Waals surface area contributed by atoms with Crippen LogP contribution in [0.1, 0.15) is 28.9 Å². The number of pyridine rings is 1. The van der Waals surface area contributed by atoms with Crippen LogP contribution in [0.4, 0.5) is 0 Å². The van der Waals surface area contributed by atoms with Gasteiger partial charge in [0.2, 0.25) is 10.0 Å². The normalized spacial score (nSPS) is 12.7. The molecule has 1 aromatic heterocycles. The van der Waals surface area contributed by atoms with E-state index >= 15 is 0 Å². The monoisotopic (exact) mass is 371 g/mol. The van der Waals surface area contributed by atoms with Gasteiger partial charge in [-0.1, -0.05) is 30.3 Å². The van der Waals surface area contributed by atoms with Crippen LogP contribution in [-0.2, 0) is 10.0 Å². The molecule has 0 aliphatic carbocycles. The average molecular weight is 371 g/mol. The third kappa shape index (κ3) is 3.66.